The van der Waals surface area contributed by atoms with Crippen LogP contribution in [-0.4, -0.2) is 21.5 Å². The zero-order chi connectivity index (χ0) is 21.3. The van der Waals surface area contributed by atoms with Crippen LogP contribution in [-0.2, 0) is 0 Å². The van der Waals surface area contributed by atoms with Crippen molar-refractivity contribution >= 4 is 79.0 Å². The predicted molar refractivity (Wildman–Crippen MR) is 143 cm³/mol. The van der Waals surface area contributed by atoms with Crippen LogP contribution in [0.15, 0.2) is 91.0 Å². The zero-order valence-electron chi connectivity index (χ0n) is 17.4. The van der Waals surface area contributed by atoms with Gasteiger partial charge in [0, 0.05) is 0 Å². The van der Waals surface area contributed by atoms with E-state index in [2.05, 4.69) is 101 Å². The van der Waals surface area contributed by atoms with Gasteiger partial charge < -0.3 is 0 Å². The first-order chi connectivity index (χ1) is 16.4. The minimum absolute atomic E-state index is 0.211. The number of hydrogen-bond donors (Lipinski definition) is 0. The van der Waals surface area contributed by atoms with Crippen molar-refractivity contribution in [2.24, 2.45) is 0 Å². The van der Waals surface area contributed by atoms with Gasteiger partial charge in [0.1, 0.15) is 0 Å². The molecule has 152 valence electrons. The van der Waals surface area contributed by atoms with E-state index < -0.39 is 0 Å². The quantitative estimate of drug-likeness (QED) is 0.212. The number of rotatable bonds is 0. The van der Waals surface area contributed by atoms with E-state index in [1.807, 2.05) is 11.3 Å². The van der Waals surface area contributed by atoms with E-state index in [1.54, 1.807) is 4.34 Å². The minimum atomic E-state index is 0.211. The van der Waals surface area contributed by atoms with Crippen LogP contribution >= 0.6 is 11.3 Å². The van der Waals surface area contributed by atoms with Gasteiger partial charge in [-0.2, -0.15) is 0 Å². The second-order valence-electron chi connectivity index (χ2n) is 8.92. The number of thiophene rings is 1. The summed E-state index contributed by atoms with van der Waals surface area (Å²) in [4.78, 5) is 5.31. The fourth-order valence-electron chi connectivity index (χ4n) is 6.14. The molecule has 0 saturated carbocycles. The molecular formula is C28H15BN2SSe. The molecule has 4 aromatic carbocycles. The van der Waals surface area contributed by atoms with Crippen LogP contribution in [0.5, 0.6) is 0 Å². The van der Waals surface area contributed by atoms with Crippen LogP contribution in [0.25, 0.3) is 42.0 Å². The van der Waals surface area contributed by atoms with Gasteiger partial charge in [0.05, 0.1) is 0 Å². The Hall–Kier alpha value is -3.24. The first-order valence-electron chi connectivity index (χ1n) is 11.2. The Morgan fingerprint density at radius 3 is 2.30 bits per heavy atom. The van der Waals surface area contributed by atoms with E-state index in [4.69, 9.17) is 0 Å². The number of benzene rings is 4. The number of anilines is 4. The van der Waals surface area contributed by atoms with E-state index in [0.29, 0.717) is 14.5 Å². The summed E-state index contributed by atoms with van der Waals surface area (Å²) in [5.41, 5.74) is 9.67. The summed E-state index contributed by atoms with van der Waals surface area (Å²) < 4.78 is 4.49. The van der Waals surface area contributed by atoms with E-state index >= 15 is 0 Å². The Morgan fingerprint density at radius 2 is 1.39 bits per heavy atom. The first-order valence-corrected chi connectivity index (χ1v) is 13.8. The molecule has 5 heteroatoms. The summed E-state index contributed by atoms with van der Waals surface area (Å²) >= 11 is 2.26. The Balaban J connectivity index is 1.48. The fourth-order valence-corrected chi connectivity index (χ4v) is 10.1. The number of nitrogens with zero attached hydrogens (tertiary/aromatic N) is 2. The fraction of sp³-hybridized carbons (Fsp3) is 0. The molecular weight excluding hydrogens is 486 g/mol. The summed E-state index contributed by atoms with van der Waals surface area (Å²) in [6, 6.07) is 33.9. The molecule has 2 nitrogen and oxygen atoms in total. The number of hydrogen-bond acceptors (Lipinski definition) is 3. The Labute approximate surface area is 201 Å². The molecule has 9 rings (SSSR count). The molecule has 0 N–H and O–H groups in total. The second-order valence-corrected chi connectivity index (χ2v) is 12.2. The van der Waals surface area contributed by atoms with Crippen molar-refractivity contribution in [1.29, 1.82) is 0 Å². The van der Waals surface area contributed by atoms with Crippen LogP contribution in [0.4, 0.5) is 22.1 Å². The standard InChI is InChI=1S/C28H15BN2SSe/c1-4-12-20-16(8-1)17-11-7-14-22-25(17)26-28(32-22)31-21-13-5-2-9-18(21)24-19-10-3-6-15-23(19)33-27(24)29(31)30(20)26/h1-15H. The van der Waals surface area contributed by atoms with Crippen LogP contribution < -0.4 is 14.0 Å². The molecule has 0 unspecified atom stereocenters. The zero-order valence-corrected chi connectivity index (χ0v) is 20.0. The molecule has 0 amide bonds. The average molecular weight is 501 g/mol. The van der Waals surface area contributed by atoms with Crippen molar-refractivity contribution in [3.05, 3.63) is 91.0 Å². The van der Waals surface area contributed by atoms with Gasteiger partial charge in [0.15, 0.2) is 0 Å². The maximum absolute atomic E-state index is 2.66. The van der Waals surface area contributed by atoms with Gasteiger partial charge >= 0.3 is 202 Å². The van der Waals surface area contributed by atoms with Crippen molar-refractivity contribution in [3.8, 4) is 22.3 Å². The molecule has 0 saturated heterocycles. The van der Waals surface area contributed by atoms with Gasteiger partial charge in [0.2, 0.25) is 0 Å². The predicted octanol–water partition coefficient (Wildman–Crippen LogP) is 6.76. The normalized spacial score (nSPS) is 14.5. The van der Waals surface area contributed by atoms with Gasteiger partial charge in [-0.15, -0.1) is 0 Å². The topological polar surface area (TPSA) is 6.48 Å². The van der Waals surface area contributed by atoms with Gasteiger partial charge in [-0.25, -0.2) is 0 Å². The maximum atomic E-state index is 2.66. The molecule has 0 radical (unpaired) electrons. The van der Waals surface area contributed by atoms with Gasteiger partial charge in [0.25, 0.3) is 0 Å². The summed E-state index contributed by atoms with van der Waals surface area (Å²) in [6.45, 7) is 0.211. The van der Waals surface area contributed by atoms with Crippen LogP contribution in [0.1, 0.15) is 0 Å². The van der Waals surface area contributed by atoms with Gasteiger partial charge in [-0.3, -0.25) is 0 Å². The molecule has 0 atom stereocenters. The Morgan fingerprint density at radius 1 is 0.667 bits per heavy atom. The third-order valence-electron chi connectivity index (χ3n) is 7.36. The van der Waals surface area contributed by atoms with Crippen molar-refractivity contribution < 1.29 is 0 Å². The van der Waals surface area contributed by atoms with E-state index in [9.17, 15) is 0 Å². The van der Waals surface area contributed by atoms with Crippen molar-refractivity contribution in [1.82, 2.24) is 0 Å². The number of para-hydroxylation sites is 2. The van der Waals surface area contributed by atoms with Gasteiger partial charge in [-0.05, 0) is 0 Å². The molecule has 2 aromatic heterocycles. The molecule has 5 heterocycles. The monoisotopic (exact) mass is 502 g/mol. The molecule has 3 aliphatic rings. The van der Waals surface area contributed by atoms with Crippen LogP contribution in [0.2, 0.25) is 0 Å². The summed E-state index contributed by atoms with van der Waals surface area (Å²) in [5, 5.41) is 4.25. The molecule has 0 fully saturated rings. The summed E-state index contributed by atoms with van der Waals surface area (Å²) in [5.74, 6) is 0. The van der Waals surface area contributed by atoms with Crippen LogP contribution in [0, 0.1) is 0 Å². The number of fused-ring (bicyclic) bond motifs is 13. The second kappa shape index (κ2) is 5.81. The van der Waals surface area contributed by atoms with Crippen molar-refractivity contribution in [3.63, 3.8) is 0 Å². The van der Waals surface area contributed by atoms with Gasteiger partial charge in [-0.1, -0.05) is 0 Å². The van der Waals surface area contributed by atoms with E-state index in [0.717, 1.165) is 0 Å². The van der Waals surface area contributed by atoms with Crippen molar-refractivity contribution in [2.75, 3.05) is 9.62 Å². The van der Waals surface area contributed by atoms with Crippen LogP contribution in [0.3, 0.4) is 0 Å². The molecule has 0 bridgehead atoms. The Kier molecular flexibility index (Phi) is 3.04. The first kappa shape index (κ1) is 17.3. The molecule has 6 aromatic rings. The molecule has 33 heavy (non-hydrogen) atoms. The average Bonchev–Trinajstić information content (AvgIpc) is 3.53. The Bertz CT molecular complexity index is 1820. The third kappa shape index (κ3) is 1.91. The molecule has 0 aliphatic carbocycles. The van der Waals surface area contributed by atoms with Crippen molar-refractivity contribution in [2.45, 2.75) is 0 Å². The molecule has 3 aliphatic heterocycles. The SMILES string of the molecule is c1ccc2c(c1)-c1c([se]c3ccccc13)B1N2c2sc3cccc4c3c2N1c1ccccc1-4. The summed E-state index contributed by atoms with van der Waals surface area (Å²) in [6.07, 6.45) is 0. The molecule has 0 spiro atoms. The summed E-state index contributed by atoms with van der Waals surface area (Å²) in [7, 11) is 0. The van der Waals surface area contributed by atoms with E-state index in [1.165, 1.54) is 64.0 Å². The third-order valence-corrected chi connectivity index (χ3v) is 11.0. The van der Waals surface area contributed by atoms with E-state index in [-0.39, 0.29) is 6.98 Å².